The highest BCUT2D eigenvalue weighted by atomic mass is 16.3. The maximum Gasteiger partial charge on any atom is 0.224 e. The first-order valence-electron chi connectivity index (χ1n) is 9.02. The largest absolute Gasteiger partial charge is 0.391 e. The molecule has 1 amide bonds. The van der Waals surface area contributed by atoms with E-state index in [1.165, 1.54) is 0 Å². The molecule has 1 saturated carbocycles. The molecule has 1 saturated heterocycles. The highest BCUT2D eigenvalue weighted by Gasteiger charge is 2.55. The van der Waals surface area contributed by atoms with E-state index in [-0.39, 0.29) is 23.3 Å². The Hall–Kier alpha value is -2.15. The molecule has 2 fully saturated rings. The minimum absolute atomic E-state index is 0.0218. The van der Waals surface area contributed by atoms with Crippen molar-refractivity contribution < 1.29 is 9.90 Å². The lowest BCUT2D eigenvalue weighted by Crippen LogP contribution is -2.51. The fourth-order valence-electron chi connectivity index (χ4n) is 3.97. The molecule has 3 heterocycles. The first kappa shape index (κ1) is 16.3. The third-order valence-corrected chi connectivity index (χ3v) is 5.87. The number of carbonyl (C=O) groups is 1. The van der Waals surface area contributed by atoms with Gasteiger partial charge in [-0.05, 0) is 44.6 Å². The first-order valence-corrected chi connectivity index (χ1v) is 9.02. The predicted molar refractivity (Wildman–Crippen MR) is 95.2 cm³/mol. The van der Waals surface area contributed by atoms with E-state index in [0.717, 1.165) is 49.2 Å². The van der Waals surface area contributed by atoms with Crippen molar-refractivity contribution >= 4 is 22.8 Å². The third kappa shape index (κ3) is 2.86. The van der Waals surface area contributed by atoms with Gasteiger partial charge >= 0.3 is 0 Å². The summed E-state index contributed by atoms with van der Waals surface area (Å²) >= 11 is 0. The number of hydrogen-bond acceptors (Lipinski definition) is 5. The first-order chi connectivity index (χ1) is 12.0. The number of rotatable bonds is 4. The maximum absolute atomic E-state index is 12.7. The van der Waals surface area contributed by atoms with E-state index in [2.05, 4.69) is 25.2 Å². The Labute approximate surface area is 146 Å². The Kier molecular flexibility index (Phi) is 3.91. The summed E-state index contributed by atoms with van der Waals surface area (Å²) in [6, 6.07) is 1.79. The van der Waals surface area contributed by atoms with Gasteiger partial charge in [0.15, 0.2) is 0 Å². The molecule has 3 atom stereocenters. The van der Waals surface area contributed by atoms with Gasteiger partial charge in [0.2, 0.25) is 5.91 Å². The molecule has 134 valence electrons. The topological polar surface area (TPSA) is 94.1 Å². The number of aliphatic hydroxyl groups is 1. The van der Waals surface area contributed by atoms with Crippen LogP contribution < -0.4 is 10.2 Å². The second-order valence-corrected chi connectivity index (χ2v) is 7.60. The number of nitrogens with zero attached hydrogens (tertiary/aromatic N) is 3. The lowest BCUT2D eigenvalue weighted by Gasteiger charge is -2.39. The fraction of sp³-hybridized carbons (Fsp3) is 0.611. The Morgan fingerprint density at radius 2 is 2.24 bits per heavy atom. The van der Waals surface area contributed by atoms with Crippen molar-refractivity contribution in [1.82, 2.24) is 20.3 Å². The van der Waals surface area contributed by atoms with Gasteiger partial charge in [0, 0.05) is 25.2 Å². The van der Waals surface area contributed by atoms with Gasteiger partial charge in [0.1, 0.15) is 17.8 Å². The van der Waals surface area contributed by atoms with Crippen LogP contribution in [0.4, 0.5) is 5.82 Å². The molecular weight excluding hydrogens is 318 g/mol. The molecule has 7 nitrogen and oxygen atoms in total. The molecule has 2 aliphatic rings. The molecule has 2 aromatic heterocycles. The van der Waals surface area contributed by atoms with Crippen molar-refractivity contribution in [2.75, 3.05) is 18.0 Å². The van der Waals surface area contributed by atoms with E-state index in [0.29, 0.717) is 0 Å². The number of aliphatic hydroxyl groups excluding tert-OH is 1. The second-order valence-electron chi connectivity index (χ2n) is 7.60. The van der Waals surface area contributed by atoms with Gasteiger partial charge in [-0.1, -0.05) is 0 Å². The Morgan fingerprint density at radius 1 is 1.44 bits per heavy atom. The molecule has 0 unspecified atom stereocenters. The molecule has 7 heteroatoms. The van der Waals surface area contributed by atoms with Crippen LogP contribution in [0.1, 0.15) is 33.1 Å². The third-order valence-electron chi connectivity index (χ3n) is 5.87. The number of nitrogens with one attached hydrogen (secondary N) is 2. The Balaban J connectivity index is 1.52. The number of piperidine rings is 1. The zero-order valence-electron chi connectivity index (χ0n) is 14.7. The number of aromatic amines is 1. The maximum atomic E-state index is 12.7. The molecule has 1 spiro atoms. The summed E-state index contributed by atoms with van der Waals surface area (Å²) < 4.78 is 0. The van der Waals surface area contributed by atoms with Gasteiger partial charge in [0.25, 0.3) is 0 Å². The summed E-state index contributed by atoms with van der Waals surface area (Å²) in [5.74, 6) is 1.06. The number of H-pyrrole nitrogens is 1. The SMILES string of the molecule is C[C@H](O)[C@H](C)NC(=O)[C@H]1CCN(c2ncnc3[nH]ccc23)CC12CC2. The highest BCUT2D eigenvalue weighted by Crippen LogP contribution is 2.56. The summed E-state index contributed by atoms with van der Waals surface area (Å²) in [7, 11) is 0. The Bertz CT molecular complexity index is 783. The van der Waals surface area contributed by atoms with Crippen LogP contribution in [0.3, 0.4) is 0 Å². The monoisotopic (exact) mass is 343 g/mol. The average molecular weight is 343 g/mol. The van der Waals surface area contributed by atoms with E-state index < -0.39 is 6.10 Å². The number of fused-ring (bicyclic) bond motifs is 1. The van der Waals surface area contributed by atoms with Crippen molar-refractivity contribution in [3.63, 3.8) is 0 Å². The van der Waals surface area contributed by atoms with E-state index >= 15 is 0 Å². The standard InChI is InChI=1S/C18H25N5O2/c1-11(12(2)24)22-17(25)14-4-8-23(9-18(14)5-6-18)16-13-3-7-19-15(13)20-10-21-16/h3,7,10-12,14,24H,4-6,8-9H2,1-2H3,(H,22,25)(H,19,20,21)/t11-,12-,14+/m0/s1. The summed E-state index contributed by atoms with van der Waals surface area (Å²) in [6.45, 7) is 5.21. The van der Waals surface area contributed by atoms with Gasteiger partial charge in [-0.25, -0.2) is 9.97 Å². The normalized spacial score (nSPS) is 24.3. The van der Waals surface area contributed by atoms with E-state index in [4.69, 9.17) is 0 Å². The molecule has 3 N–H and O–H groups in total. The minimum atomic E-state index is -0.540. The van der Waals surface area contributed by atoms with Crippen LogP contribution in [0.25, 0.3) is 11.0 Å². The van der Waals surface area contributed by atoms with Gasteiger partial charge in [-0.3, -0.25) is 4.79 Å². The zero-order valence-corrected chi connectivity index (χ0v) is 14.7. The van der Waals surface area contributed by atoms with Crippen LogP contribution in [-0.4, -0.2) is 51.2 Å². The zero-order chi connectivity index (χ0) is 17.6. The van der Waals surface area contributed by atoms with Gasteiger partial charge < -0.3 is 20.3 Å². The summed E-state index contributed by atoms with van der Waals surface area (Å²) in [4.78, 5) is 26.9. The smallest absolute Gasteiger partial charge is 0.224 e. The minimum Gasteiger partial charge on any atom is -0.391 e. The molecule has 0 radical (unpaired) electrons. The number of amides is 1. The average Bonchev–Trinajstić information content (AvgIpc) is 3.17. The van der Waals surface area contributed by atoms with Crippen LogP contribution in [0.15, 0.2) is 18.6 Å². The van der Waals surface area contributed by atoms with Crippen LogP contribution in [0.2, 0.25) is 0 Å². The van der Waals surface area contributed by atoms with E-state index in [9.17, 15) is 9.90 Å². The van der Waals surface area contributed by atoms with Crippen molar-refractivity contribution in [2.45, 2.75) is 45.3 Å². The van der Waals surface area contributed by atoms with Gasteiger partial charge in [0.05, 0.1) is 17.5 Å². The number of hydrogen-bond donors (Lipinski definition) is 3. The molecule has 25 heavy (non-hydrogen) atoms. The Morgan fingerprint density at radius 3 is 2.96 bits per heavy atom. The number of aromatic nitrogens is 3. The number of anilines is 1. The number of carbonyl (C=O) groups excluding carboxylic acids is 1. The van der Waals surface area contributed by atoms with Crippen LogP contribution in [-0.2, 0) is 4.79 Å². The van der Waals surface area contributed by atoms with Crippen LogP contribution in [0.5, 0.6) is 0 Å². The second kappa shape index (κ2) is 5.98. The molecule has 2 aromatic rings. The van der Waals surface area contributed by atoms with Crippen molar-refractivity contribution in [3.8, 4) is 0 Å². The van der Waals surface area contributed by atoms with E-state index in [1.807, 2.05) is 19.2 Å². The predicted octanol–water partition coefficient (Wildman–Crippen LogP) is 1.45. The molecule has 4 rings (SSSR count). The van der Waals surface area contributed by atoms with Crippen LogP contribution in [0, 0.1) is 11.3 Å². The van der Waals surface area contributed by atoms with Gasteiger partial charge in [-0.15, -0.1) is 0 Å². The molecule has 1 aliphatic heterocycles. The lowest BCUT2D eigenvalue weighted by atomic mass is 9.81. The van der Waals surface area contributed by atoms with Crippen molar-refractivity contribution in [3.05, 3.63) is 18.6 Å². The fourth-order valence-corrected chi connectivity index (χ4v) is 3.97. The molecular formula is C18H25N5O2. The molecule has 0 aromatic carbocycles. The highest BCUT2D eigenvalue weighted by molar-refractivity contribution is 5.87. The molecule has 0 bridgehead atoms. The van der Waals surface area contributed by atoms with Crippen molar-refractivity contribution in [1.29, 1.82) is 0 Å². The van der Waals surface area contributed by atoms with Crippen LogP contribution >= 0.6 is 0 Å². The van der Waals surface area contributed by atoms with E-state index in [1.54, 1.807) is 13.3 Å². The molecule has 1 aliphatic carbocycles. The summed E-state index contributed by atoms with van der Waals surface area (Å²) in [5, 5.41) is 13.7. The summed E-state index contributed by atoms with van der Waals surface area (Å²) in [6.07, 6.45) is 5.90. The summed E-state index contributed by atoms with van der Waals surface area (Å²) in [5.41, 5.74) is 0.898. The quantitative estimate of drug-likeness (QED) is 0.781. The van der Waals surface area contributed by atoms with Crippen molar-refractivity contribution in [2.24, 2.45) is 11.3 Å². The van der Waals surface area contributed by atoms with Gasteiger partial charge in [-0.2, -0.15) is 0 Å². The lowest BCUT2D eigenvalue weighted by molar-refractivity contribution is -0.129.